The van der Waals surface area contributed by atoms with Gasteiger partial charge in [-0.2, -0.15) is 0 Å². The molecule has 0 spiro atoms. The Bertz CT molecular complexity index is 368. The van der Waals surface area contributed by atoms with Crippen LogP contribution < -0.4 is 10.6 Å². The molecule has 0 heterocycles. The average molecular weight is 277 g/mol. The molecule has 0 saturated carbocycles. The number of thiocarbonyl (C=S) groups is 1. The van der Waals surface area contributed by atoms with Crippen LogP contribution in [0.25, 0.3) is 0 Å². The fraction of sp³-hybridized carbons (Fsp3) is 0.222. The van der Waals surface area contributed by atoms with Crippen molar-refractivity contribution in [1.29, 1.82) is 0 Å². The van der Waals surface area contributed by atoms with E-state index in [-0.39, 0.29) is 5.82 Å². The zero-order valence-corrected chi connectivity index (χ0v) is 10.2. The van der Waals surface area contributed by atoms with Crippen LogP contribution in [0.2, 0.25) is 0 Å². The summed E-state index contributed by atoms with van der Waals surface area (Å²) in [6.07, 6.45) is 0. The maximum absolute atomic E-state index is 13.2. The van der Waals surface area contributed by atoms with E-state index >= 15 is 0 Å². The Balaban J connectivity index is 2.98. The van der Waals surface area contributed by atoms with Crippen LogP contribution in [0.4, 0.5) is 10.1 Å². The first kappa shape index (κ1) is 11.4. The van der Waals surface area contributed by atoms with Gasteiger partial charge in [0, 0.05) is 12.7 Å². The average Bonchev–Trinajstić information content (AvgIpc) is 2.14. The second-order valence-corrected chi connectivity index (χ2v) is 4.05. The van der Waals surface area contributed by atoms with Crippen molar-refractivity contribution in [3.05, 3.63) is 28.0 Å². The van der Waals surface area contributed by atoms with Crippen molar-refractivity contribution in [2.45, 2.75) is 6.92 Å². The van der Waals surface area contributed by atoms with Crippen molar-refractivity contribution in [3.63, 3.8) is 0 Å². The summed E-state index contributed by atoms with van der Waals surface area (Å²) in [5.41, 5.74) is 1.60. The van der Waals surface area contributed by atoms with E-state index in [1.54, 1.807) is 13.1 Å². The number of benzene rings is 1. The molecular weight excluding hydrogens is 267 g/mol. The lowest BCUT2D eigenvalue weighted by Crippen LogP contribution is -2.24. The van der Waals surface area contributed by atoms with E-state index in [0.29, 0.717) is 15.3 Å². The molecule has 1 aromatic rings. The highest BCUT2D eigenvalue weighted by Gasteiger charge is 2.05. The van der Waals surface area contributed by atoms with Gasteiger partial charge in [-0.3, -0.25) is 0 Å². The Kier molecular flexibility index (Phi) is 3.83. The molecule has 5 heteroatoms. The first-order chi connectivity index (χ1) is 6.54. The molecule has 0 bridgehead atoms. The summed E-state index contributed by atoms with van der Waals surface area (Å²) in [5, 5.41) is 6.12. The largest absolute Gasteiger partial charge is 0.366 e. The van der Waals surface area contributed by atoms with Gasteiger partial charge < -0.3 is 10.6 Å². The van der Waals surface area contributed by atoms with Gasteiger partial charge in [0.05, 0.1) is 4.47 Å². The van der Waals surface area contributed by atoms with Crippen molar-refractivity contribution < 1.29 is 4.39 Å². The lowest BCUT2D eigenvalue weighted by atomic mass is 10.2. The molecule has 0 unspecified atom stereocenters. The Morgan fingerprint density at radius 1 is 1.50 bits per heavy atom. The molecule has 0 aliphatic heterocycles. The molecule has 0 aliphatic rings. The Morgan fingerprint density at radius 3 is 2.71 bits per heavy atom. The summed E-state index contributed by atoms with van der Waals surface area (Å²) < 4.78 is 13.6. The van der Waals surface area contributed by atoms with E-state index < -0.39 is 0 Å². The number of hydrogen-bond acceptors (Lipinski definition) is 1. The van der Waals surface area contributed by atoms with Crippen LogP contribution in [-0.2, 0) is 0 Å². The Hall–Kier alpha value is -0.680. The number of hydrogen-bond donors (Lipinski definition) is 2. The summed E-state index contributed by atoms with van der Waals surface area (Å²) in [5.74, 6) is -0.308. The molecule has 0 saturated heterocycles. The van der Waals surface area contributed by atoms with Gasteiger partial charge in [0.2, 0.25) is 0 Å². The van der Waals surface area contributed by atoms with Gasteiger partial charge in [-0.1, -0.05) is 0 Å². The molecule has 0 radical (unpaired) electrons. The monoisotopic (exact) mass is 276 g/mol. The standard InChI is InChI=1S/C9H10BrFN2S/c1-5-3-6(10)7(11)4-8(5)13-9(14)12-2/h3-4H,1-2H3,(H2,12,13,14). The maximum Gasteiger partial charge on any atom is 0.170 e. The van der Waals surface area contributed by atoms with E-state index in [1.165, 1.54) is 6.07 Å². The van der Waals surface area contributed by atoms with Gasteiger partial charge in [0.25, 0.3) is 0 Å². The van der Waals surface area contributed by atoms with E-state index in [2.05, 4.69) is 26.6 Å². The molecule has 0 fully saturated rings. The van der Waals surface area contributed by atoms with E-state index in [0.717, 1.165) is 5.56 Å². The van der Waals surface area contributed by atoms with Gasteiger partial charge in [0.1, 0.15) is 5.82 Å². The van der Waals surface area contributed by atoms with Crippen LogP contribution in [0.5, 0.6) is 0 Å². The predicted molar refractivity (Wildman–Crippen MR) is 64.1 cm³/mol. The molecule has 0 aromatic heterocycles. The topological polar surface area (TPSA) is 24.1 Å². The molecule has 76 valence electrons. The molecule has 0 atom stereocenters. The minimum absolute atomic E-state index is 0.308. The van der Waals surface area contributed by atoms with Gasteiger partial charge >= 0.3 is 0 Å². The van der Waals surface area contributed by atoms with Crippen LogP contribution >= 0.6 is 28.1 Å². The smallest absolute Gasteiger partial charge is 0.170 e. The fourth-order valence-corrected chi connectivity index (χ4v) is 1.53. The highest BCUT2D eigenvalue weighted by molar-refractivity contribution is 9.10. The molecule has 0 aliphatic carbocycles. The summed E-state index contributed by atoms with van der Waals surface area (Å²) in [6.45, 7) is 1.88. The first-order valence-electron chi connectivity index (χ1n) is 3.99. The minimum atomic E-state index is -0.308. The molecular formula is C9H10BrFN2S. The molecule has 1 aromatic carbocycles. The van der Waals surface area contributed by atoms with Crippen molar-refractivity contribution in [3.8, 4) is 0 Å². The zero-order chi connectivity index (χ0) is 10.7. The molecule has 0 amide bonds. The van der Waals surface area contributed by atoms with Crippen LogP contribution in [-0.4, -0.2) is 12.2 Å². The van der Waals surface area contributed by atoms with Gasteiger partial charge in [-0.25, -0.2) is 4.39 Å². The second-order valence-electron chi connectivity index (χ2n) is 2.79. The lowest BCUT2D eigenvalue weighted by Gasteiger charge is -2.10. The summed E-state index contributed by atoms with van der Waals surface area (Å²) >= 11 is 8.03. The highest BCUT2D eigenvalue weighted by atomic mass is 79.9. The van der Waals surface area contributed by atoms with Gasteiger partial charge in [-0.05, 0) is 52.8 Å². The van der Waals surface area contributed by atoms with Crippen molar-refractivity contribution in [2.24, 2.45) is 0 Å². The second kappa shape index (κ2) is 4.70. The quantitative estimate of drug-likeness (QED) is 0.772. The molecule has 2 N–H and O–H groups in total. The Morgan fingerprint density at radius 2 is 2.14 bits per heavy atom. The van der Waals surface area contributed by atoms with E-state index in [1.807, 2.05) is 6.92 Å². The summed E-state index contributed by atoms with van der Waals surface area (Å²) in [4.78, 5) is 0. The third-order valence-corrected chi connectivity index (χ3v) is 2.66. The van der Waals surface area contributed by atoms with Crippen molar-refractivity contribution in [1.82, 2.24) is 5.32 Å². The first-order valence-corrected chi connectivity index (χ1v) is 5.19. The summed E-state index contributed by atoms with van der Waals surface area (Å²) in [6, 6.07) is 3.11. The van der Waals surface area contributed by atoms with Crippen LogP contribution in [0.3, 0.4) is 0 Å². The number of halogens is 2. The maximum atomic E-state index is 13.2. The minimum Gasteiger partial charge on any atom is -0.366 e. The molecule has 1 rings (SSSR count). The third-order valence-electron chi connectivity index (χ3n) is 1.74. The van der Waals surface area contributed by atoms with E-state index in [9.17, 15) is 4.39 Å². The summed E-state index contributed by atoms with van der Waals surface area (Å²) in [7, 11) is 1.71. The molecule has 2 nitrogen and oxygen atoms in total. The van der Waals surface area contributed by atoms with Crippen LogP contribution in [0.15, 0.2) is 16.6 Å². The van der Waals surface area contributed by atoms with Gasteiger partial charge in [0.15, 0.2) is 5.11 Å². The number of nitrogens with one attached hydrogen (secondary N) is 2. The Labute approximate surface area is 96.0 Å². The third kappa shape index (κ3) is 2.65. The number of rotatable bonds is 1. The van der Waals surface area contributed by atoms with Gasteiger partial charge in [-0.15, -0.1) is 0 Å². The fourth-order valence-electron chi connectivity index (χ4n) is 0.966. The SMILES string of the molecule is CNC(=S)Nc1cc(F)c(Br)cc1C. The van der Waals surface area contributed by atoms with Crippen molar-refractivity contribution >= 4 is 38.9 Å². The van der Waals surface area contributed by atoms with Crippen LogP contribution in [0.1, 0.15) is 5.56 Å². The van der Waals surface area contributed by atoms with Crippen molar-refractivity contribution in [2.75, 3.05) is 12.4 Å². The highest BCUT2D eigenvalue weighted by Crippen LogP contribution is 2.23. The van der Waals surface area contributed by atoms with Crippen LogP contribution in [0, 0.1) is 12.7 Å². The van der Waals surface area contributed by atoms with E-state index in [4.69, 9.17) is 12.2 Å². The zero-order valence-electron chi connectivity index (χ0n) is 7.82. The number of aryl methyl sites for hydroxylation is 1. The normalized spacial score (nSPS) is 9.71. The molecule has 14 heavy (non-hydrogen) atoms. The lowest BCUT2D eigenvalue weighted by molar-refractivity contribution is 0.621. The predicted octanol–water partition coefficient (Wildman–Crippen LogP) is 2.81. The number of anilines is 1.